The van der Waals surface area contributed by atoms with Gasteiger partial charge in [-0.05, 0) is 31.4 Å². The van der Waals surface area contributed by atoms with Crippen LogP contribution in [0.4, 0.5) is 0 Å². The standard InChI is InChI=1S/C24H23N3O.C4H4O4/c1-16-20(26-15-25-16)13-18-11-12-22-23(24(18)28)19-9-5-6-10-21(19)27(22)14-17-7-3-2-4-8-17;5-3(6)1-2-4(7)8/h2-10,15,18H,11-14H2,1H3,(H,25,26);1-2H,(H,5,6)(H,7,8). The van der Waals surface area contributed by atoms with Crippen molar-refractivity contribution < 1.29 is 24.6 Å². The topological polar surface area (TPSA) is 125 Å². The zero-order valence-corrected chi connectivity index (χ0v) is 19.8. The maximum absolute atomic E-state index is 13.5. The number of H-pyrrole nitrogens is 1. The van der Waals surface area contributed by atoms with Gasteiger partial charge >= 0.3 is 11.9 Å². The molecule has 4 aromatic rings. The molecule has 0 aliphatic heterocycles. The van der Waals surface area contributed by atoms with Crippen LogP contribution in [0, 0.1) is 12.8 Å². The fourth-order valence-electron chi connectivity index (χ4n) is 4.65. The Bertz CT molecular complexity index is 1420. The third kappa shape index (κ3) is 5.43. The lowest BCUT2D eigenvalue weighted by molar-refractivity contribution is -0.134. The lowest BCUT2D eigenvalue weighted by atomic mass is 9.82. The second kappa shape index (κ2) is 10.9. The number of aliphatic carboxylic acids is 2. The van der Waals surface area contributed by atoms with Crippen molar-refractivity contribution in [2.24, 2.45) is 5.92 Å². The Morgan fingerprint density at radius 3 is 2.36 bits per heavy atom. The fraction of sp³-hybridized carbons (Fsp3) is 0.214. The van der Waals surface area contributed by atoms with Crippen LogP contribution in [-0.2, 0) is 29.0 Å². The summed E-state index contributed by atoms with van der Waals surface area (Å²) in [5, 5.41) is 16.7. The van der Waals surface area contributed by atoms with Crippen molar-refractivity contribution in [3.63, 3.8) is 0 Å². The van der Waals surface area contributed by atoms with Gasteiger partial charge in [0.25, 0.3) is 0 Å². The summed E-state index contributed by atoms with van der Waals surface area (Å²) in [5.41, 5.74) is 6.59. The van der Waals surface area contributed by atoms with E-state index in [2.05, 4.69) is 57.0 Å². The molecule has 36 heavy (non-hydrogen) atoms. The molecule has 0 saturated heterocycles. The summed E-state index contributed by atoms with van der Waals surface area (Å²) in [7, 11) is 0. The highest BCUT2D eigenvalue weighted by Gasteiger charge is 2.33. The predicted molar refractivity (Wildman–Crippen MR) is 135 cm³/mol. The second-order valence-corrected chi connectivity index (χ2v) is 8.70. The van der Waals surface area contributed by atoms with Crippen molar-refractivity contribution >= 4 is 28.6 Å². The summed E-state index contributed by atoms with van der Waals surface area (Å²) in [4.78, 5) is 40.1. The third-order valence-corrected chi connectivity index (χ3v) is 6.35. The Morgan fingerprint density at radius 2 is 1.72 bits per heavy atom. The normalized spacial score (nSPS) is 14.9. The van der Waals surface area contributed by atoms with Crippen molar-refractivity contribution in [3.05, 3.63) is 101 Å². The molecule has 1 atom stereocenters. The van der Waals surface area contributed by atoms with Gasteiger partial charge in [0, 0.05) is 58.9 Å². The molecule has 3 N–H and O–H groups in total. The number of nitrogens with one attached hydrogen (secondary N) is 1. The van der Waals surface area contributed by atoms with Gasteiger partial charge in [-0.25, -0.2) is 14.6 Å². The molecule has 184 valence electrons. The van der Waals surface area contributed by atoms with Gasteiger partial charge in [0.1, 0.15) is 0 Å². The van der Waals surface area contributed by atoms with Gasteiger partial charge in [-0.15, -0.1) is 0 Å². The first kappa shape index (κ1) is 24.7. The number of carboxylic acid groups (broad SMARTS) is 2. The molecule has 8 nitrogen and oxygen atoms in total. The van der Waals surface area contributed by atoms with E-state index in [4.69, 9.17) is 10.2 Å². The van der Waals surface area contributed by atoms with Gasteiger partial charge in [-0.1, -0.05) is 48.5 Å². The summed E-state index contributed by atoms with van der Waals surface area (Å²) in [5.74, 6) is -2.24. The molecule has 1 unspecified atom stereocenters. The zero-order valence-electron chi connectivity index (χ0n) is 19.8. The second-order valence-electron chi connectivity index (χ2n) is 8.70. The van der Waals surface area contributed by atoms with E-state index >= 15 is 0 Å². The summed E-state index contributed by atoms with van der Waals surface area (Å²) in [6.07, 6.45) is 5.35. The van der Waals surface area contributed by atoms with E-state index in [9.17, 15) is 14.4 Å². The van der Waals surface area contributed by atoms with E-state index in [1.807, 2.05) is 19.1 Å². The average Bonchev–Trinajstić information content (AvgIpc) is 3.42. The van der Waals surface area contributed by atoms with Crippen LogP contribution in [0.3, 0.4) is 0 Å². The Hall–Kier alpha value is -4.46. The number of fused-ring (bicyclic) bond motifs is 3. The highest BCUT2D eigenvalue weighted by molar-refractivity contribution is 6.11. The van der Waals surface area contributed by atoms with E-state index < -0.39 is 11.9 Å². The molecular weight excluding hydrogens is 458 g/mol. The summed E-state index contributed by atoms with van der Waals surface area (Å²) < 4.78 is 2.34. The van der Waals surface area contributed by atoms with E-state index in [0.717, 1.165) is 47.2 Å². The van der Waals surface area contributed by atoms with E-state index in [0.29, 0.717) is 18.6 Å². The van der Waals surface area contributed by atoms with Crippen molar-refractivity contribution in [3.8, 4) is 0 Å². The molecule has 0 radical (unpaired) electrons. The molecule has 2 aromatic heterocycles. The highest BCUT2D eigenvalue weighted by atomic mass is 16.4. The lowest BCUT2D eigenvalue weighted by Crippen LogP contribution is -2.25. The van der Waals surface area contributed by atoms with Crippen LogP contribution in [-0.4, -0.2) is 42.5 Å². The van der Waals surface area contributed by atoms with Gasteiger partial charge in [0.2, 0.25) is 0 Å². The Labute approximate surface area is 207 Å². The number of aromatic amines is 1. The number of carbonyl (C=O) groups is 3. The largest absolute Gasteiger partial charge is 0.478 e. The number of hydrogen-bond donors (Lipinski definition) is 3. The Kier molecular flexibility index (Phi) is 7.44. The fourth-order valence-corrected chi connectivity index (χ4v) is 4.65. The molecule has 1 aliphatic carbocycles. The molecule has 0 fully saturated rings. The van der Waals surface area contributed by atoms with E-state index in [1.54, 1.807) is 6.33 Å². The molecule has 5 rings (SSSR count). The van der Waals surface area contributed by atoms with E-state index in [1.165, 1.54) is 11.3 Å². The number of benzene rings is 2. The minimum atomic E-state index is -1.26. The average molecular weight is 486 g/mol. The minimum absolute atomic E-state index is 0.00508. The summed E-state index contributed by atoms with van der Waals surface area (Å²) in [6.45, 7) is 2.82. The van der Waals surface area contributed by atoms with Crippen LogP contribution in [0.2, 0.25) is 0 Å². The van der Waals surface area contributed by atoms with Gasteiger partial charge in [0.15, 0.2) is 5.78 Å². The van der Waals surface area contributed by atoms with Crippen LogP contribution < -0.4 is 0 Å². The first-order valence-electron chi connectivity index (χ1n) is 11.7. The number of aryl methyl sites for hydroxylation is 1. The number of carbonyl (C=O) groups excluding carboxylic acids is 1. The number of rotatable bonds is 6. The van der Waals surface area contributed by atoms with Crippen LogP contribution >= 0.6 is 0 Å². The zero-order chi connectivity index (χ0) is 25.7. The van der Waals surface area contributed by atoms with Crippen LogP contribution in [0.5, 0.6) is 0 Å². The number of para-hydroxylation sites is 1. The van der Waals surface area contributed by atoms with Gasteiger partial charge in [0.05, 0.1) is 12.0 Å². The van der Waals surface area contributed by atoms with Crippen molar-refractivity contribution in [1.29, 1.82) is 0 Å². The maximum atomic E-state index is 13.5. The summed E-state index contributed by atoms with van der Waals surface area (Å²) >= 11 is 0. The van der Waals surface area contributed by atoms with Gasteiger partial charge in [-0.2, -0.15) is 0 Å². The summed E-state index contributed by atoms with van der Waals surface area (Å²) in [6, 6.07) is 18.8. The Balaban J connectivity index is 0.000000331. The molecule has 0 amide bonds. The molecule has 2 aromatic carbocycles. The molecule has 0 saturated carbocycles. The highest BCUT2D eigenvalue weighted by Crippen LogP contribution is 2.36. The van der Waals surface area contributed by atoms with Crippen LogP contribution in [0.25, 0.3) is 10.9 Å². The van der Waals surface area contributed by atoms with Gasteiger partial charge < -0.3 is 19.8 Å². The number of carboxylic acids is 2. The number of ketones is 1. The quantitative estimate of drug-likeness (QED) is 0.347. The molecule has 8 heteroatoms. The first-order chi connectivity index (χ1) is 17.3. The van der Waals surface area contributed by atoms with Gasteiger partial charge in [-0.3, -0.25) is 4.79 Å². The molecular formula is C28H27N3O5. The minimum Gasteiger partial charge on any atom is -0.478 e. The number of Topliss-reactive ketones (excluding diaryl/α,β-unsaturated/α-hetero) is 1. The van der Waals surface area contributed by atoms with Crippen molar-refractivity contribution in [1.82, 2.24) is 14.5 Å². The monoisotopic (exact) mass is 485 g/mol. The number of imidazole rings is 1. The maximum Gasteiger partial charge on any atom is 0.328 e. The number of nitrogens with zero attached hydrogens (tertiary/aromatic N) is 2. The van der Waals surface area contributed by atoms with E-state index in [-0.39, 0.29) is 11.7 Å². The SMILES string of the molecule is Cc1[nH]cnc1CC1CCc2c(c3ccccc3n2Cc2ccccc2)C1=O.O=C(O)C=CC(=O)O. The number of aromatic nitrogens is 3. The van der Waals surface area contributed by atoms with Crippen molar-refractivity contribution in [2.75, 3.05) is 0 Å². The smallest absolute Gasteiger partial charge is 0.328 e. The van der Waals surface area contributed by atoms with Crippen LogP contribution in [0.15, 0.2) is 73.1 Å². The first-order valence-corrected chi connectivity index (χ1v) is 11.7. The van der Waals surface area contributed by atoms with Crippen molar-refractivity contribution in [2.45, 2.75) is 32.7 Å². The lowest BCUT2D eigenvalue weighted by Gasteiger charge is -2.22. The molecule has 1 aliphatic rings. The number of hydrogen-bond acceptors (Lipinski definition) is 4. The molecule has 0 bridgehead atoms. The molecule has 2 heterocycles. The Morgan fingerprint density at radius 1 is 1.06 bits per heavy atom. The molecule has 0 spiro atoms. The van der Waals surface area contributed by atoms with Crippen LogP contribution in [0.1, 0.15) is 39.4 Å². The predicted octanol–water partition coefficient (Wildman–Crippen LogP) is 4.42. The third-order valence-electron chi connectivity index (χ3n) is 6.35.